The lowest BCUT2D eigenvalue weighted by atomic mass is 10.00. The summed E-state index contributed by atoms with van der Waals surface area (Å²) in [7, 11) is 3.22. The normalized spacial score (nSPS) is 10.3. The number of H-pyrrole nitrogens is 1. The molecule has 0 atom stereocenters. The minimum Gasteiger partial charge on any atom is -0.491 e. The molecule has 0 aliphatic heterocycles. The number of aromatic nitrogens is 4. The number of rotatable bonds is 16. The maximum Gasteiger partial charge on any atom is 0.236 e. The van der Waals surface area contributed by atoms with Crippen molar-refractivity contribution in [2.45, 2.75) is 16.7 Å². The molecule has 6 aromatic heterocycles. The van der Waals surface area contributed by atoms with Crippen molar-refractivity contribution in [3.8, 4) is 67.0 Å². The number of ether oxygens (including phenoxy) is 4. The predicted octanol–water partition coefficient (Wildman–Crippen LogP) is 13.3. The summed E-state index contributed by atoms with van der Waals surface area (Å²) < 4.78 is 21.2. The fraction of sp³-hybridized carbons (Fsp3) is 0.167. The van der Waals surface area contributed by atoms with Gasteiger partial charge in [0.2, 0.25) is 11.4 Å². The van der Waals surface area contributed by atoms with Crippen LogP contribution in [-0.2, 0) is 21.1 Å². The molecular weight excluding hydrogens is 1010 g/mol. The van der Waals surface area contributed by atoms with Gasteiger partial charge in [0.1, 0.15) is 68.2 Å². The van der Waals surface area contributed by atoms with E-state index in [-0.39, 0.29) is 33.2 Å². The molecule has 0 radical (unpaired) electrons. The Morgan fingerprint density at radius 3 is 1.65 bits per heavy atom. The van der Waals surface area contributed by atoms with Crippen molar-refractivity contribution < 1.29 is 18.9 Å². The van der Waals surface area contributed by atoms with Crippen LogP contribution in [0.15, 0.2) is 98.0 Å². The molecule has 14 nitrogen and oxygen atoms in total. The fourth-order valence-electron chi connectivity index (χ4n) is 6.13. The molecule has 2 aromatic carbocycles. The molecule has 0 saturated heterocycles. The third-order valence-electron chi connectivity index (χ3n) is 9.36. The Bertz CT molecular complexity index is 3180. The van der Waals surface area contributed by atoms with Crippen molar-refractivity contribution in [3.05, 3.63) is 143 Å². The van der Waals surface area contributed by atoms with Gasteiger partial charge in [-0.05, 0) is 58.3 Å². The molecule has 0 aliphatic carbocycles. The van der Waals surface area contributed by atoms with Crippen LogP contribution in [0.25, 0.3) is 53.1 Å². The third-order valence-corrected chi connectivity index (χ3v) is 14.2. The standard InChI is InChI=1S/C24H19N5O2S3.C16H14N4O2S.C8H6ClNS2/c1-27-21-20(15-3-5-18(6-4-15)31-9-8-30-2)19(11-25)24(29-22(21)26)34-14-17-13-33-23(28-17)16-7-10-32-12-16;1-19-14-13(12(9-17)16(23)20-15(14)18)10-3-5-11(6-4-10)22-8-7-21-2;9-3-7-5-12-8(10-7)6-1-2-11-4-6/h3-7,10,12-13H,8-9,14H2,2H3,(H2,26,29);3-6H,7-8H2,2H3,(H3,18,20,23);1-2,4-5H,3H2. The largest absolute Gasteiger partial charge is 0.491 e. The van der Waals surface area contributed by atoms with E-state index in [4.69, 9.17) is 72.4 Å². The van der Waals surface area contributed by atoms with Crippen molar-refractivity contribution in [1.29, 1.82) is 10.5 Å². The summed E-state index contributed by atoms with van der Waals surface area (Å²) >= 11 is 18.7. The van der Waals surface area contributed by atoms with E-state index in [0.717, 1.165) is 27.0 Å². The Morgan fingerprint density at radius 2 is 1.20 bits per heavy atom. The van der Waals surface area contributed by atoms with Crippen molar-refractivity contribution >= 4 is 104 Å². The first-order valence-corrected chi connectivity index (χ1v) is 25.7. The number of nitriles is 2. The molecule has 0 amide bonds. The Hall–Kier alpha value is -6.66. The minimum absolute atomic E-state index is 0.101. The van der Waals surface area contributed by atoms with E-state index in [2.05, 4.69) is 52.9 Å². The number of benzene rings is 2. The second kappa shape index (κ2) is 26.2. The van der Waals surface area contributed by atoms with Gasteiger partial charge in [0.15, 0.2) is 0 Å². The molecule has 0 saturated carbocycles. The lowest BCUT2D eigenvalue weighted by Gasteiger charge is -2.13. The molecule has 5 N–H and O–H groups in total. The number of hydrogen-bond donors (Lipinski definition) is 3. The number of anilines is 2. The summed E-state index contributed by atoms with van der Waals surface area (Å²) in [6, 6.07) is 22.7. The summed E-state index contributed by atoms with van der Waals surface area (Å²) in [5.74, 6) is 2.63. The molecule has 0 spiro atoms. The molecule has 348 valence electrons. The number of alkyl halides is 1. The number of halogens is 1. The number of nitrogen functional groups attached to an aromatic ring is 2. The molecule has 69 heavy (non-hydrogen) atoms. The van der Waals surface area contributed by atoms with Gasteiger partial charge in [0, 0.05) is 63.7 Å². The summed E-state index contributed by atoms with van der Waals surface area (Å²) in [5, 5.41) is 34.1. The first-order valence-electron chi connectivity index (χ1n) is 20.2. The number of thiazole rings is 2. The number of thioether (sulfide) groups is 1. The van der Waals surface area contributed by atoms with Crippen LogP contribution in [-0.4, -0.2) is 60.6 Å². The van der Waals surface area contributed by atoms with Gasteiger partial charge in [0.05, 0.1) is 54.8 Å². The third kappa shape index (κ3) is 13.5. The maximum atomic E-state index is 10.00. The molecule has 21 heteroatoms. The van der Waals surface area contributed by atoms with Crippen LogP contribution >= 0.6 is 80.9 Å². The summed E-state index contributed by atoms with van der Waals surface area (Å²) in [6.07, 6.45) is 0. The second-order valence-electron chi connectivity index (χ2n) is 13.8. The van der Waals surface area contributed by atoms with Crippen LogP contribution in [0.4, 0.5) is 23.0 Å². The first-order chi connectivity index (χ1) is 33.7. The van der Waals surface area contributed by atoms with Gasteiger partial charge in [-0.15, -0.1) is 34.3 Å². The molecule has 0 fully saturated rings. The van der Waals surface area contributed by atoms with Crippen LogP contribution in [0.1, 0.15) is 22.5 Å². The first kappa shape index (κ1) is 51.7. The second-order valence-corrected chi connectivity index (χ2v) is 18.7. The highest BCUT2D eigenvalue weighted by molar-refractivity contribution is 7.98. The van der Waals surface area contributed by atoms with Crippen LogP contribution in [0.2, 0.25) is 0 Å². The number of nitrogens with two attached hydrogens (primary N) is 2. The van der Waals surface area contributed by atoms with E-state index < -0.39 is 0 Å². The van der Waals surface area contributed by atoms with Crippen LogP contribution < -0.4 is 20.9 Å². The number of hydrogen-bond acceptors (Lipinski definition) is 17. The molecule has 6 heterocycles. The number of thiophene rings is 2. The van der Waals surface area contributed by atoms with E-state index >= 15 is 0 Å². The Labute approximate surface area is 429 Å². The average Bonchev–Trinajstić information content (AvgIpc) is 4.23. The number of nitrogens with zero attached hydrogens (tertiary/aromatic N) is 7. The Balaban J connectivity index is 0.000000191. The van der Waals surface area contributed by atoms with E-state index in [1.165, 1.54) is 17.3 Å². The topological polar surface area (TPSA) is 200 Å². The van der Waals surface area contributed by atoms with Crippen molar-refractivity contribution in [3.63, 3.8) is 0 Å². The number of aromatic amines is 1. The smallest absolute Gasteiger partial charge is 0.236 e. The van der Waals surface area contributed by atoms with E-state index in [9.17, 15) is 10.5 Å². The molecule has 0 aliphatic rings. The molecule has 0 bridgehead atoms. The minimum atomic E-state index is 0.101. The number of nitrogens with one attached hydrogen (secondary N) is 1. The highest BCUT2D eigenvalue weighted by Gasteiger charge is 2.22. The van der Waals surface area contributed by atoms with Gasteiger partial charge in [-0.25, -0.2) is 24.6 Å². The molecule has 0 unspecified atom stereocenters. The van der Waals surface area contributed by atoms with Gasteiger partial charge in [-0.3, -0.25) is 0 Å². The van der Waals surface area contributed by atoms with Crippen LogP contribution in [0.3, 0.4) is 0 Å². The van der Waals surface area contributed by atoms with Crippen LogP contribution in [0, 0.1) is 40.4 Å². The van der Waals surface area contributed by atoms with E-state index in [0.29, 0.717) is 82.4 Å². The zero-order valence-electron chi connectivity index (χ0n) is 36.7. The number of pyridine rings is 2. The summed E-state index contributed by atoms with van der Waals surface area (Å²) in [5.41, 5.74) is 19.3. The highest BCUT2D eigenvalue weighted by atomic mass is 35.5. The van der Waals surface area contributed by atoms with Crippen molar-refractivity contribution in [2.75, 3.05) is 52.1 Å². The fourth-order valence-corrected chi connectivity index (χ4v) is 10.7. The molecule has 8 rings (SSSR count). The zero-order valence-corrected chi connectivity index (χ0v) is 42.4. The van der Waals surface area contributed by atoms with Gasteiger partial charge < -0.3 is 35.4 Å². The van der Waals surface area contributed by atoms with Crippen molar-refractivity contribution in [1.82, 2.24) is 19.9 Å². The van der Waals surface area contributed by atoms with E-state index in [1.807, 2.05) is 40.4 Å². The SMILES string of the molecule is ClCc1csc(-c2ccsc2)n1.[C-]#[N+]c1c(N)[nH]c(=S)c(C#N)c1-c1ccc(OCCOC)cc1.[C-]#[N+]c1c(N)nc(SCc2csc(-c3ccsc3)n2)c(C#N)c1-c1ccc(OCCOC)cc1. The van der Waals surface area contributed by atoms with Gasteiger partial charge in [-0.2, -0.15) is 33.2 Å². The molecular formula is C48H39ClN10O4S6. The van der Waals surface area contributed by atoms with E-state index in [1.54, 1.807) is 96.0 Å². The van der Waals surface area contributed by atoms with Crippen LogP contribution in [0.5, 0.6) is 11.5 Å². The average molecular weight is 1050 g/mol. The predicted molar refractivity (Wildman–Crippen MR) is 282 cm³/mol. The van der Waals surface area contributed by atoms with Gasteiger partial charge in [-0.1, -0.05) is 48.2 Å². The lowest BCUT2D eigenvalue weighted by molar-refractivity contribution is 0.146. The molecule has 8 aromatic rings. The monoisotopic (exact) mass is 1050 g/mol. The number of methoxy groups -OCH3 is 2. The van der Waals surface area contributed by atoms with Gasteiger partial charge in [0.25, 0.3) is 0 Å². The maximum absolute atomic E-state index is 10.00. The summed E-state index contributed by atoms with van der Waals surface area (Å²) in [6.45, 7) is 16.8. The quantitative estimate of drug-likeness (QED) is 0.0272. The summed E-state index contributed by atoms with van der Waals surface area (Å²) in [4.78, 5) is 23.1. The zero-order chi connectivity index (χ0) is 49.1. The Kier molecular flexibility index (Phi) is 19.6. The lowest BCUT2D eigenvalue weighted by Crippen LogP contribution is -2.04. The van der Waals surface area contributed by atoms with Gasteiger partial charge >= 0.3 is 0 Å². The highest BCUT2D eigenvalue weighted by Crippen LogP contribution is 2.43. The van der Waals surface area contributed by atoms with Crippen molar-refractivity contribution in [2.24, 2.45) is 0 Å². The Morgan fingerprint density at radius 1 is 0.696 bits per heavy atom.